The molecule has 1 unspecified atom stereocenters. The van der Waals surface area contributed by atoms with Gasteiger partial charge >= 0.3 is 0 Å². The van der Waals surface area contributed by atoms with Gasteiger partial charge in [-0.25, -0.2) is 0 Å². The molecule has 0 spiro atoms. The number of piperidine rings is 1. The second-order valence-electron chi connectivity index (χ2n) is 8.37. The van der Waals surface area contributed by atoms with Gasteiger partial charge in [0.05, 0.1) is 18.4 Å². The first-order chi connectivity index (χ1) is 15.3. The highest BCUT2D eigenvalue weighted by Crippen LogP contribution is 2.29. The summed E-state index contributed by atoms with van der Waals surface area (Å²) < 4.78 is 13.6. The van der Waals surface area contributed by atoms with Crippen molar-refractivity contribution in [3.8, 4) is 11.5 Å². The zero-order chi connectivity index (χ0) is 21.0. The van der Waals surface area contributed by atoms with E-state index in [0.717, 1.165) is 61.7 Å². The Hall–Kier alpha value is -2.39. The van der Waals surface area contributed by atoms with Gasteiger partial charge in [0.25, 0.3) is 5.89 Å². The molecule has 0 radical (unpaired) electrons. The van der Waals surface area contributed by atoms with E-state index in [2.05, 4.69) is 36.7 Å². The third kappa shape index (κ3) is 4.77. The summed E-state index contributed by atoms with van der Waals surface area (Å²) in [4.78, 5) is 6.91. The molecule has 3 aromatic rings. The number of hydrogen-bond donors (Lipinski definition) is 0. The maximum Gasteiger partial charge on any atom is 0.257 e. The highest BCUT2D eigenvalue weighted by atomic mass is 32.2. The minimum atomic E-state index is 0.229. The predicted molar refractivity (Wildman–Crippen MR) is 119 cm³/mol. The topological polar surface area (TPSA) is 82.1 Å². The first kappa shape index (κ1) is 20.5. The Kier molecular flexibility index (Phi) is 6.22. The van der Waals surface area contributed by atoms with Crippen molar-refractivity contribution in [1.82, 2.24) is 24.9 Å². The number of anilines is 1. The molecule has 0 saturated carbocycles. The number of ether oxygens (including phenoxy) is 1. The third-order valence-corrected chi connectivity index (χ3v) is 6.96. The molecule has 0 amide bonds. The second-order valence-corrected chi connectivity index (χ2v) is 9.31. The average molecular weight is 441 g/mol. The Labute approximate surface area is 186 Å². The molecule has 2 saturated heterocycles. The van der Waals surface area contributed by atoms with Crippen LogP contribution in [0.2, 0.25) is 0 Å². The van der Waals surface area contributed by atoms with Crippen LogP contribution >= 0.6 is 11.8 Å². The third-order valence-electron chi connectivity index (χ3n) is 5.99. The van der Waals surface area contributed by atoms with E-state index in [1.807, 2.05) is 30.3 Å². The molecular formula is C22H28N6O2S. The molecule has 9 heteroatoms. The molecule has 2 aromatic heterocycles. The van der Waals surface area contributed by atoms with Crippen LogP contribution in [0, 0.1) is 5.92 Å². The fourth-order valence-electron chi connectivity index (χ4n) is 4.12. The molecular weight excluding hydrogens is 412 g/mol. The van der Waals surface area contributed by atoms with Crippen molar-refractivity contribution in [2.24, 2.45) is 5.92 Å². The smallest absolute Gasteiger partial charge is 0.257 e. The van der Waals surface area contributed by atoms with Crippen LogP contribution in [0.4, 0.5) is 5.95 Å². The Morgan fingerprint density at radius 2 is 1.94 bits per heavy atom. The van der Waals surface area contributed by atoms with E-state index >= 15 is 0 Å². The summed E-state index contributed by atoms with van der Waals surface area (Å²) in [5, 5.41) is 14.1. The largest absolute Gasteiger partial charge is 0.376 e. The lowest BCUT2D eigenvalue weighted by atomic mass is 10.00. The van der Waals surface area contributed by atoms with Gasteiger partial charge in [-0.1, -0.05) is 42.0 Å². The molecule has 1 aromatic carbocycles. The maximum atomic E-state index is 5.91. The number of benzene rings is 1. The Bertz CT molecular complexity index is 977. The van der Waals surface area contributed by atoms with Gasteiger partial charge in [-0.3, -0.25) is 4.57 Å². The normalized spacial score (nSPS) is 19.9. The summed E-state index contributed by atoms with van der Waals surface area (Å²) in [6, 6.07) is 9.83. The van der Waals surface area contributed by atoms with Crippen LogP contribution in [0.3, 0.4) is 0 Å². The standard InChI is InChI=1S/C22H28N6O2S/c1-16-9-11-27(12-10-16)21-24-25-22(28(21)14-18-8-5-13-29-18)31-15-19-23-20(30-26-19)17-6-3-2-4-7-17/h2-4,6-7,16,18H,5,8-15H2,1H3. The molecule has 5 rings (SSSR count). The van der Waals surface area contributed by atoms with E-state index in [-0.39, 0.29) is 6.10 Å². The second kappa shape index (κ2) is 9.40. The van der Waals surface area contributed by atoms with E-state index in [1.165, 1.54) is 12.8 Å². The van der Waals surface area contributed by atoms with Crippen molar-refractivity contribution in [1.29, 1.82) is 0 Å². The minimum Gasteiger partial charge on any atom is -0.376 e. The zero-order valence-corrected chi connectivity index (χ0v) is 18.6. The van der Waals surface area contributed by atoms with E-state index in [4.69, 9.17) is 9.26 Å². The summed E-state index contributed by atoms with van der Waals surface area (Å²) >= 11 is 1.60. The van der Waals surface area contributed by atoms with Crippen LogP contribution in [0.15, 0.2) is 40.0 Å². The number of aromatic nitrogens is 5. The summed E-state index contributed by atoms with van der Waals surface area (Å²) in [5.74, 6) is 3.51. The summed E-state index contributed by atoms with van der Waals surface area (Å²) in [6.07, 6.45) is 4.83. The van der Waals surface area contributed by atoms with Crippen molar-refractivity contribution in [3.05, 3.63) is 36.2 Å². The summed E-state index contributed by atoms with van der Waals surface area (Å²) in [7, 11) is 0. The van der Waals surface area contributed by atoms with Crippen LogP contribution in [0.1, 0.15) is 38.4 Å². The van der Waals surface area contributed by atoms with E-state index < -0.39 is 0 Å². The molecule has 2 aliphatic rings. The summed E-state index contributed by atoms with van der Waals surface area (Å²) in [5.41, 5.74) is 0.925. The van der Waals surface area contributed by atoms with Crippen molar-refractivity contribution in [2.75, 3.05) is 24.6 Å². The van der Waals surface area contributed by atoms with Crippen LogP contribution in [0.25, 0.3) is 11.5 Å². The number of nitrogens with zero attached hydrogens (tertiary/aromatic N) is 6. The highest BCUT2D eigenvalue weighted by molar-refractivity contribution is 7.98. The van der Waals surface area contributed by atoms with Crippen LogP contribution in [-0.2, 0) is 17.0 Å². The van der Waals surface area contributed by atoms with Gasteiger partial charge in [0.15, 0.2) is 11.0 Å². The minimum absolute atomic E-state index is 0.229. The van der Waals surface area contributed by atoms with Crippen molar-refractivity contribution in [3.63, 3.8) is 0 Å². The number of thioether (sulfide) groups is 1. The molecule has 0 bridgehead atoms. The van der Waals surface area contributed by atoms with E-state index in [0.29, 0.717) is 17.5 Å². The van der Waals surface area contributed by atoms with Crippen LogP contribution < -0.4 is 4.90 Å². The van der Waals surface area contributed by atoms with Gasteiger partial charge in [-0.2, -0.15) is 4.98 Å². The molecule has 0 aliphatic carbocycles. The number of rotatable bonds is 7. The Balaban J connectivity index is 1.31. The predicted octanol–water partition coefficient (Wildman–Crippen LogP) is 4.04. The SMILES string of the molecule is CC1CCN(c2nnc(SCc3noc(-c4ccccc4)n3)n2CC2CCCO2)CC1. The fourth-order valence-corrected chi connectivity index (χ4v) is 4.91. The van der Waals surface area contributed by atoms with Crippen molar-refractivity contribution < 1.29 is 9.26 Å². The maximum absolute atomic E-state index is 5.91. The molecule has 164 valence electrons. The fraction of sp³-hybridized carbons (Fsp3) is 0.545. The summed E-state index contributed by atoms with van der Waals surface area (Å²) in [6.45, 7) is 6.01. The lowest BCUT2D eigenvalue weighted by Crippen LogP contribution is -2.35. The lowest BCUT2D eigenvalue weighted by Gasteiger charge is -2.31. The molecule has 0 N–H and O–H groups in total. The van der Waals surface area contributed by atoms with Gasteiger partial charge < -0.3 is 14.2 Å². The molecule has 8 nitrogen and oxygen atoms in total. The van der Waals surface area contributed by atoms with Gasteiger partial charge in [-0.05, 0) is 43.7 Å². The monoisotopic (exact) mass is 440 g/mol. The van der Waals surface area contributed by atoms with E-state index in [1.54, 1.807) is 11.8 Å². The zero-order valence-electron chi connectivity index (χ0n) is 17.8. The Morgan fingerprint density at radius 1 is 1.10 bits per heavy atom. The molecule has 4 heterocycles. The Morgan fingerprint density at radius 3 is 2.71 bits per heavy atom. The lowest BCUT2D eigenvalue weighted by molar-refractivity contribution is 0.0951. The van der Waals surface area contributed by atoms with Crippen molar-refractivity contribution >= 4 is 17.7 Å². The molecule has 1 atom stereocenters. The van der Waals surface area contributed by atoms with Crippen molar-refractivity contribution in [2.45, 2.75) is 56.2 Å². The molecule has 31 heavy (non-hydrogen) atoms. The quantitative estimate of drug-likeness (QED) is 0.509. The first-order valence-corrected chi connectivity index (χ1v) is 12.1. The number of hydrogen-bond acceptors (Lipinski definition) is 8. The molecule has 2 aliphatic heterocycles. The first-order valence-electron chi connectivity index (χ1n) is 11.1. The molecule has 2 fully saturated rings. The highest BCUT2D eigenvalue weighted by Gasteiger charge is 2.26. The van der Waals surface area contributed by atoms with Crippen LogP contribution in [-0.4, -0.2) is 50.7 Å². The van der Waals surface area contributed by atoms with E-state index in [9.17, 15) is 0 Å². The van der Waals surface area contributed by atoms with Gasteiger partial charge in [0.1, 0.15) is 0 Å². The van der Waals surface area contributed by atoms with Crippen LogP contribution in [0.5, 0.6) is 0 Å². The van der Waals surface area contributed by atoms with Gasteiger partial charge in [0, 0.05) is 25.3 Å². The van der Waals surface area contributed by atoms with Gasteiger partial charge in [0.2, 0.25) is 5.95 Å². The average Bonchev–Trinajstić information content (AvgIpc) is 3.56. The van der Waals surface area contributed by atoms with Gasteiger partial charge in [-0.15, -0.1) is 10.2 Å².